The Morgan fingerprint density at radius 1 is 0.952 bits per heavy atom. The molecule has 0 amide bonds. The first kappa shape index (κ1) is 29.1. The van der Waals surface area contributed by atoms with Gasteiger partial charge in [-0.2, -0.15) is 0 Å². The van der Waals surface area contributed by atoms with Gasteiger partial charge in [0.05, 0.1) is 24.2 Å². The summed E-state index contributed by atoms with van der Waals surface area (Å²) in [6.45, 7) is 14.0. The molecule has 3 aliphatic heterocycles. The van der Waals surface area contributed by atoms with Gasteiger partial charge in [0.15, 0.2) is 0 Å². The van der Waals surface area contributed by atoms with E-state index in [2.05, 4.69) is 69.6 Å². The smallest absolute Gasteiger partial charge is 0.137 e. The highest BCUT2D eigenvalue weighted by molar-refractivity contribution is 7.85. The highest BCUT2D eigenvalue weighted by Crippen LogP contribution is 2.55. The van der Waals surface area contributed by atoms with Crippen LogP contribution in [-0.2, 0) is 15.5 Å². The number of allylic oxidation sites excluding steroid dienone is 1. The van der Waals surface area contributed by atoms with E-state index >= 15 is 0 Å². The molecule has 42 heavy (non-hydrogen) atoms. The lowest BCUT2D eigenvalue weighted by Crippen LogP contribution is -2.40. The standard InChI is InChI=1S/C33H40N2O6S/c1-19-32(3,4)24-15-22-28(17-26(24)34(19)11-13-36)41-29-18-27-25(33(5,6)20(2)35(27)12-14-37)16-23(29)31(22)21-9-7-8-10-30(21)42(38,39)40/h7-10,15-20,26,36-37H,11-14H2,1-6H3,(H,38,39,40)/p-1. The Labute approximate surface area is 248 Å². The quantitative estimate of drug-likeness (QED) is 0.481. The predicted molar refractivity (Wildman–Crippen MR) is 161 cm³/mol. The molecule has 2 N–H and O–H groups in total. The molecule has 3 unspecified atom stereocenters. The van der Waals surface area contributed by atoms with Gasteiger partial charge in [-0.25, -0.2) is 8.42 Å². The summed E-state index contributed by atoms with van der Waals surface area (Å²) in [5.74, 6) is 1.16. The molecule has 3 heterocycles. The average molecular weight is 592 g/mol. The van der Waals surface area contributed by atoms with Gasteiger partial charge in [0, 0.05) is 70.0 Å². The number of likely N-dealkylation sites (tertiary alicyclic amines) is 1. The first-order valence-corrected chi connectivity index (χ1v) is 16.0. The van der Waals surface area contributed by atoms with Crippen LogP contribution in [-0.4, -0.2) is 72.5 Å². The molecule has 9 heteroatoms. The summed E-state index contributed by atoms with van der Waals surface area (Å²) >= 11 is 0. The number of aliphatic hydroxyl groups is 2. The van der Waals surface area contributed by atoms with Crippen molar-refractivity contribution in [1.29, 1.82) is 0 Å². The van der Waals surface area contributed by atoms with Crippen molar-refractivity contribution in [1.82, 2.24) is 4.90 Å². The van der Waals surface area contributed by atoms with Crippen molar-refractivity contribution in [3.05, 3.63) is 82.1 Å². The molecule has 2 aromatic rings. The SMILES string of the molecule is CC1N(CCO)C2C=C3Oc4cc5c(cc4C(c4ccccc4S(=O)(=O)[O-])=C3C=C2C1(C)C)C(C)(C)C(C)N5CCO. The molecule has 1 fully saturated rings. The van der Waals surface area contributed by atoms with Gasteiger partial charge >= 0.3 is 0 Å². The first-order chi connectivity index (χ1) is 19.7. The predicted octanol–water partition coefficient (Wildman–Crippen LogP) is 4.18. The number of rotatable bonds is 6. The Hall–Kier alpha value is -2.95. The van der Waals surface area contributed by atoms with Gasteiger partial charge in [-0.1, -0.05) is 45.9 Å². The summed E-state index contributed by atoms with van der Waals surface area (Å²) in [5, 5.41) is 19.7. The topological polar surface area (TPSA) is 113 Å². The molecule has 0 spiro atoms. The Balaban J connectivity index is 1.67. The maximum absolute atomic E-state index is 12.6. The summed E-state index contributed by atoms with van der Waals surface area (Å²) in [7, 11) is -4.78. The third kappa shape index (κ3) is 4.12. The maximum atomic E-state index is 12.6. The van der Waals surface area contributed by atoms with Gasteiger partial charge in [-0.15, -0.1) is 0 Å². The highest BCUT2D eigenvalue weighted by atomic mass is 32.2. The van der Waals surface area contributed by atoms with Gasteiger partial charge in [0.2, 0.25) is 0 Å². The zero-order valence-corrected chi connectivity index (χ0v) is 25.8. The molecule has 224 valence electrons. The van der Waals surface area contributed by atoms with Crippen LogP contribution in [0.5, 0.6) is 5.75 Å². The zero-order valence-electron chi connectivity index (χ0n) is 25.0. The zero-order chi connectivity index (χ0) is 30.4. The van der Waals surface area contributed by atoms with Crippen molar-refractivity contribution < 1.29 is 27.9 Å². The van der Waals surface area contributed by atoms with E-state index in [1.54, 1.807) is 18.2 Å². The van der Waals surface area contributed by atoms with Crippen LogP contribution in [0.2, 0.25) is 0 Å². The second kappa shape index (κ2) is 9.79. The van der Waals surface area contributed by atoms with Gasteiger partial charge in [0.1, 0.15) is 21.6 Å². The fourth-order valence-corrected chi connectivity index (χ4v) is 8.08. The van der Waals surface area contributed by atoms with E-state index in [-0.39, 0.29) is 47.1 Å². The summed E-state index contributed by atoms with van der Waals surface area (Å²) < 4.78 is 44.3. The van der Waals surface area contributed by atoms with Crippen molar-refractivity contribution in [2.75, 3.05) is 31.2 Å². The Morgan fingerprint density at radius 3 is 2.31 bits per heavy atom. The van der Waals surface area contributed by atoms with Crippen LogP contribution in [0.15, 0.2) is 70.4 Å². The number of fused-ring (bicyclic) bond motifs is 4. The molecule has 0 radical (unpaired) electrons. The molecular weight excluding hydrogens is 552 g/mol. The third-order valence-electron chi connectivity index (χ3n) is 10.3. The Bertz CT molecular complexity index is 1670. The molecule has 8 nitrogen and oxygen atoms in total. The second-order valence-corrected chi connectivity index (χ2v) is 14.3. The van der Waals surface area contributed by atoms with E-state index in [0.29, 0.717) is 35.7 Å². The van der Waals surface area contributed by atoms with Gasteiger partial charge in [-0.3, -0.25) is 4.90 Å². The van der Waals surface area contributed by atoms with Gasteiger partial charge in [0.25, 0.3) is 0 Å². The molecule has 6 rings (SSSR count). The van der Waals surface area contributed by atoms with E-state index in [1.165, 1.54) is 6.07 Å². The van der Waals surface area contributed by atoms with Gasteiger partial charge < -0.3 is 24.4 Å². The van der Waals surface area contributed by atoms with Crippen LogP contribution in [0.1, 0.15) is 58.2 Å². The summed E-state index contributed by atoms with van der Waals surface area (Å²) in [6, 6.07) is 10.6. The maximum Gasteiger partial charge on any atom is 0.137 e. The number of benzene rings is 2. The van der Waals surface area contributed by atoms with E-state index in [4.69, 9.17) is 4.74 Å². The molecular formula is C33H39N2O6S-. The summed E-state index contributed by atoms with van der Waals surface area (Å²) in [5.41, 5.74) is 5.17. The van der Waals surface area contributed by atoms with Crippen molar-refractivity contribution >= 4 is 21.4 Å². The van der Waals surface area contributed by atoms with Crippen molar-refractivity contribution in [2.45, 2.75) is 70.0 Å². The molecule has 1 saturated heterocycles. The lowest BCUT2D eigenvalue weighted by atomic mass is 9.75. The molecule has 1 aliphatic carbocycles. The van der Waals surface area contributed by atoms with Crippen molar-refractivity contribution in [3.63, 3.8) is 0 Å². The summed E-state index contributed by atoms with van der Waals surface area (Å²) in [4.78, 5) is 4.18. The second-order valence-electron chi connectivity index (χ2n) is 13.0. The summed E-state index contributed by atoms with van der Waals surface area (Å²) in [6.07, 6.45) is 4.17. The van der Waals surface area contributed by atoms with Crippen LogP contribution in [0.3, 0.4) is 0 Å². The van der Waals surface area contributed by atoms with E-state index in [9.17, 15) is 23.2 Å². The number of ether oxygens (including phenoxy) is 1. The third-order valence-corrected chi connectivity index (χ3v) is 11.2. The minimum atomic E-state index is -4.78. The van der Waals surface area contributed by atoms with Gasteiger partial charge in [-0.05, 0) is 49.3 Å². The number of β-amino-alcohol motifs (C(OH)–C–C–N with tert-alkyl or cyclic N) is 2. The number of hydrogen-bond donors (Lipinski definition) is 2. The molecule has 0 saturated carbocycles. The number of aliphatic hydroxyl groups excluding tert-OH is 2. The van der Waals surface area contributed by atoms with Crippen LogP contribution < -0.4 is 9.64 Å². The average Bonchev–Trinajstić information content (AvgIpc) is 3.23. The van der Waals surface area contributed by atoms with E-state index in [0.717, 1.165) is 28.0 Å². The number of nitrogens with zero attached hydrogens (tertiary/aromatic N) is 2. The number of hydrogen-bond acceptors (Lipinski definition) is 8. The molecule has 2 aromatic carbocycles. The van der Waals surface area contributed by atoms with Crippen LogP contribution in [0, 0.1) is 5.41 Å². The van der Waals surface area contributed by atoms with E-state index in [1.807, 2.05) is 6.07 Å². The normalized spacial score (nSPS) is 25.7. The fourth-order valence-electron chi connectivity index (χ4n) is 7.40. The minimum absolute atomic E-state index is 0.0108. The van der Waals surface area contributed by atoms with E-state index < -0.39 is 10.1 Å². The fraction of sp³-hybridized carbons (Fsp3) is 0.455. The van der Waals surface area contributed by atoms with Crippen LogP contribution in [0.4, 0.5) is 5.69 Å². The minimum Gasteiger partial charge on any atom is -0.744 e. The van der Waals surface area contributed by atoms with Crippen LogP contribution >= 0.6 is 0 Å². The largest absolute Gasteiger partial charge is 0.744 e. The lowest BCUT2D eigenvalue weighted by molar-refractivity contribution is 0.143. The molecule has 3 atom stereocenters. The van der Waals surface area contributed by atoms with Crippen molar-refractivity contribution in [3.8, 4) is 5.75 Å². The molecule has 0 aromatic heterocycles. The molecule has 0 bridgehead atoms. The molecule has 4 aliphatic rings. The Morgan fingerprint density at radius 2 is 1.64 bits per heavy atom. The number of anilines is 1. The Kier molecular flexibility index (Phi) is 6.79. The van der Waals surface area contributed by atoms with Crippen molar-refractivity contribution in [2.24, 2.45) is 5.41 Å². The van der Waals surface area contributed by atoms with Crippen LogP contribution in [0.25, 0.3) is 5.57 Å². The highest BCUT2D eigenvalue weighted by Gasteiger charge is 2.50. The first-order valence-electron chi connectivity index (χ1n) is 14.6. The monoisotopic (exact) mass is 591 g/mol. The lowest BCUT2D eigenvalue weighted by Gasteiger charge is -2.33.